The third-order valence-corrected chi connectivity index (χ3v) is 10.6. The van der Waals surface area contributed by atoms with Crippen LogP contribution in [0.25, 0.3) is 0 Å². The van der Waals surface area contributed by atoms with Crippen LogP contribution in [-0.2, 0) is 35.7 Å². The molecule has 0 aromatic heterocycles. The molecule has 45 heavy (non-hydrogen) atoms. The molecular weight excluding hydrogens is 603 g/mol. The van der Waals surface area contributed by atoms with Crippen LogP contribution in [0, 0.1) is 11.7 Å². The number of likely N-dealkylation sites (tertiary alicyclic amines) is 1. The zero-order chi connectivity index (χ0) is 31.8. The molecule has 4 aliphatic rings. The van der Waals surface area contributed by atoms with Crippen molar-refractivity contribution in [3.63, 3.8) is 0 Å². The van der Waals surface area contributed by atoms with E-state index >= 15 is 0 Å². The molecule has 0 radical (unpaired) electrons. The Hall–Kier alpha value is -4.26. The molecule has 13 heteroatoms. The summed E-state index contributed by atoms with van der Waals surface area (Å²) in [6, 6.07) is 12.6. The molecule has 2 saturated carbocycles. The summed E-state index contributed by atoms with van der Waals surface area (Å²) >= 11 is 0. The zero-order valence-electron chi connectivity index (χ0n) is 24.6. The van der Waals surface area contributed by atoms with E-state index in [1.54, 1.807) is 0 Å². The Kier molecular flexibility index (Phi) is 8.38. The van der Waals surface area contributed by atoms with E-state index in [0.29, 0.717) is 49.3 Å². The van der Waals surface area contributed by atoms with E-state index in [1.807, 2.05) is 30.3 Å². The first-order valence-corrected chi connectivity index (χ1v) is 16.6. The molecule has 11 nitrogen and oxygen atoms in total. The lowest BCUT2D eigenvalue weighted by molar-refractivity contribution is -0.139. The molecule has 3 amide bonds. The molecule has 4 atom stereocenters. The zero-order valence-corrected chi connectivity index (χ0v) is 25.4. The van der Waals surface area contributed by atoms with Gasteiger partial charge in [-0.05, 0) is 49.4 Å². The minimum absolute atomic E-state index is 0.0646. The quantitative estimate of drug-likeness (QED) is 0.285. The maximum atomic E-state index is 14.0. The van der Waals surface area contributed by atoms with E-state index < -0.39 is 56.5 Å². The van der Waals surface area contributed by atoms with Crippen LogP contribution in [-0.4, -0.2) is 72.8 Å². The molecule has 2 aromatic rings. The summed E-state index contributed by atoms with van der Waals surface area (Å²) < 4.78 is 46.7. The summed E-state index contributed by atoms with van der Waals surface area (Å²) in [4.78, 5) is 47.8. The Labute approximate surface area is 260 Å². The number of hydrogen-bond acceptors (Lipinski definition) is 8. The van der Waals surface area contributed by atoms with E-state index in [4.69, 9.17) is 9.57 Å². The van der Waals surface area contributed by atoms with Gasteiger partial charge in [0.15, 0.2) is 0 Å². The van der Waals surface area contributed by atoms with E-state index in [2.05, 4.69) is 21.8 Å². The molecule has 238 valence electrons. The summed E-state index contributed by atoms with van der Waals surface area (Å²) in [6.07, 6.45) is 3.07. The van der Waals surface area contributed by atoms with Gasteiger partial charge in [0.25, 0.3) is 5.91 Å². The van der Waals surface area contributed by atoms with Crippen LogP contribution >= 0.6 is 0 Å². The number of nitrogens with one attached hydrogen (secondary N) is 2. The van der Waals surface area contributed by atoms with Crippen molar-refractivity contribution in [1.29, 1.82) is 0 Å². The van der Waals surface area contributed by atoms with Crippen molar-refractivity contribution in [2.24, 2.45) is 11.1 Å². The lowest BCUT2D eigenvalue weighted by Crippen LogP contribution is -2.56. The average molecular weight is 639 g/mol. The highest BCUT2D eigenvalue weighted by Gasteiger charge is 2.61. The number of amides is 3. The number of fused-ring (bicyclic) bond motifs is 1. The monoisotopic (exact) mass is 638 g/mol. The van der Waals surface area contributed by atoms with Crippen LogP contribution in [0.1, 0.15) is 49.7 Å². The van der Waals surface area contributed by atoms with Crippen LogP contribution in [0.4, 0.5) is 4.39 Å². The highest BCUT2D eigenvalue weighted by atomic mass is 32.2. The van der Waals surface area contributed by atoms with Crippen molar-refractivity contribution >= 4 is 33.5 Å². The topological polar surface area (TPSA) is 143 Å². The highest BCUT2D eigenvalue weighted by Crippen LogP contribution is 2.45. The fourth-order valence-electron chi connectivity index (χ4n) is 5.94. The average Bonchev–Trinajstić information content (AvgIpc) is 3.96. The summed E-state index contributed by atoms with van der Waals surface area (Å²) in [6.45, 7) is 4.14. The van der Waals surface area contributed by atoms with Gasteiger partial charge in [-0.3, -0.25) is 19.1 Å². The number of sulfonamides is 1. The minimum atomic E-state index is -3.84. The molecule has 2 aliphatic carbocycles. The third-order valence-electron chi connectivity index (χ3n) is 8.77. The van der Waals surface area contributed by atoms with Gasteiger partial charge in [0.1, 0.15) is 29.3 Å². The van der Waals surface area contributed by atoms with Gasteiger partial charge < -0.3 is 19.8 Å². The van der Waals surface area contributed by atoms with E-state index in [1.165, 1.54) is 29.2 Å². The first-order chi connectivity index (χ1) is 21.6. The van der Waals surface area contributed by atoms with Gasteiger partial charge in [0.2, 0.25) is 21.8 Å². The van der Waals surface area contributed by atoms with Gasteiger partial charge in [0.05, 0.1) is 24.1 Å². The second-order valence-electron chi connectivity index (χ2n) is 12.0. The molecule has 0 bridgehead atoms. The molecule has 2 heterocycles. The number of ether oxygens (including phenoxy) is 1. The molecule has 1 saturated heterocycles. The highest BCUT2D eigenvalue weighted by molar-refractivity contribution is 7.91. The number of halogens is 1. The standard InChI is InChI=1S/C32H35FN4O7S/c1-2-21-18-32(21,31(40)36-45(41,42)24-10-11-24)34-30(39)27-17-23(19-37(27)29(38)13-8-20-6-4-3-5-7-20)44-35-26-14-15-43-28-12-9-22(33)16-25(26)28/h2-7,9,12,16,21,23-24,27H,1,8,10-11,13-15,17-19H2,(H,34,39)(H,36,40)/b35-26+/t21-,23?,27?,32+/m1/s1. The molecule has 2 N–H and O–H groups in total. The largest absolute Gasteiger partial charge is 0.492 e. The maximum absolute atomic E-state index is 14.0. The Morgan fingerprint density at radius 1 is 1.18 bits per heavy atom. The van der Waals surface area contributed by atoms with Crippen molar-refractivity contribution in [1.82, 2.24) is 14.9 Å². The molecule has 2 aromatic carbocycles. The van der Waals surface area contributed by atoms with Crippen molar-refractivity contribution < 1.29 is 36.8 Å². The first kappa shape index (κ1) is 30.8. The smallest absolute Gasteiger partial charge is 0.259 e. The second-order valence-corrected chi connectivity index (χ2v) is 13.9. The van der Waals surface area contributed by atoms with Gasteiger partial charge >= 0.3 is 0 Å². The van der Waals surface area contributed by atoms with E-state index in [0.717, 1.165) is 5.56 Å². The Balaban J connectivity index is 1.19. The minimum Gasteiger partial charge on any atom is -0.492 e. The normalized spacial score (nSPS) is 26.4. The number of nitrogens with zero attached hydrogens (tertiary/aromatic N) is 2. The third kappa shape index (κ3) is 6.58. The molecule has 2 unspecified atom stereocenters. The number of rotatable bonds is 11. The van der Waals surface area contributed by atoms with Crippen LogP contribution in [0.5, 0.6) is 5.75 Å². The number of carbonyl (C=O) groups excluding carboxylic acids is 3. The Bertz CT molecular complexity index is 1650. The van der Waals surface area contributed by atoms with Crippen LogP contribution in [0.15, 0.2) is 66.3 Å². The van der Waals surface area contributed by atoms with Crippen molar-refractivity contribution in [3.8, 4) is 5.75 Å². The lowest BCUT2D eigenvalue weighted by Gasteiger charge is -2.26. The predicted octanol–water partition coefficient (Wildman–Crippen LogP) is 2.60. The fraction of sp³-hybridized carbons (Fsp3) is 0.438. The fourth-order valence-corrected chi connectivity index (χ4v) is 7.30. The Morgan fingerprint density at radius 3 is 2.67 bits per heavy atom. The predicted molar refractivity (Wildman–Crippen MR) is 162 cm³/mol. The van der Waals surface area contributed by atoms with Gasteiger partial charge in [-0.1, -0.05) is 41.6 Å². The van der Waals surface area contributed by atoms with E-state index in [-0.39, 0.29) is 31.7 Å². The lowest BCUT2D eigenvalue weighted by atomic mass is 10.0. The van der Waals surface area contributed by atoms with E-state index in [9.17, 15) is 27.2 Å². The number of aryl methyl sites for hydroxylation is 1. The molecule has 0 spiro atoms. The van der Waals surface area contributed by atoms with Gasteiger partial charge in [-0.15, -0.1) is 6.58 Å². The second kappa shape index (κ2) is 12.3. The summed E-state index contributed by atoms with van der Waals surface area (Å²) in [5.74, 6) is -2.10. The van der Waals surface area contributed by atoms with Crippen molar-refractivity contribution in [3.05, 3.63) is 78.1 Å². The van der Waals surface area contributed by atoms with Gasteiger partial charge in [0, 0.05) is 30.7 Å². The summed E-state index contributed by atoms with van der Waals surface area (Å²) in [5.41, 5.74) is 0.455. The molecule has 3 fully saturated rings. The van der Waals surface area contributed by atoms with Crippen molar-refractivity contribution in [2.75, 3.05) is 13.2 Å². The molecule has 6 rings (SSSR count). The van der Waals surface area contributed by atoms with Gasteiger partial charge in [-0.25, -0.2) is 12.8 Å². The van der Waals surface area contributed by atoms with Crippen LogP contribution in [0.3, 0.4) is 0 Å². The van der Waals surface area contributed by atoms with Crippen LogP contribution in [0.2, 0.25) is 0 Å². The first-order valence-electron chi connectivity index (χ1n) is 15.1. The summed E-state index contributed by atoms with van der Waals surface area (Å²) in [5, 5.41) is 6.44. The number of benzene rings is 2. The number of oxime groups is 1. The number of hydrogen-bond donors (Lipinski definition) is 2. The Morgan fingerprint density at radius 2 is 1.96 bits per heavy atom. The SMILES string of the molecule is C=C[C@@H]1C[C@@]1(NC(=O)C1CC(O/N=C2\CCOc3ccc(F)cc32)CN1C(=O)CCc1ccccc1)C(=O)NS(=O)(=O)C1CC1. The van der Waals surface area contributed by atoms with Crippen LogP contribution < -0.4 is 14.8 Å². The summed E-state index contributed by atoms with van der Waals surface area (Å²) in [7, 11) is -3.84. The maximum Gasteiger partial charge on any atom is 0.259 e. The van der Waals surface area contributed by atoms with Gasteiger partial charge in [-0.2, -0.15) is 0 Å². The molecule has 2 aliphatic heterocycles. The number of carbonyl (C=O) groups is 3. The molecular formula is C32H35FN4O7S. The van der Waals surface area contributed by atoms with Crippen molar-refractivity contribution in [2.45, 2.75) is 67.9 Å².